The van der Waals surface area contributed by atoms with Crippen LogP contribution >= 0.6 is 0 Å². The molecule has 5 heteroatoms. The van der Waals surface area contributed by atoms with Crippen molar-refractivity contribution in [1.82, 2.24) is 9.88 Å². The lowest BCUT2D eigenvalue weighted by Gasteiger charge is -2.18. The molecule has 0 aliphatic rings. The van der Waals surface area contributed by atoms with E-state index in [1.54, 1.807) is 13.4 Å². The minimum Gasteiger partial charge on any atom is -0.497 e. The summed E-state index contributed by atoms with van der Waals surface area (Å²) in [5.41, 5.74) is 3.74. The van der Waals surface area contributed by atoms with E-state index in [9.17, 15) is 4.79 Å². The molecule has 0 aliphatic carbocycles. The van der Waals surface area contributed by atoms with Crippen LogP contribution in [0.5, 0.6) is 5.75 Å². The zero-order valence-electron chi connectivity index (χ0n) is 17.9. The van der Waals surface area contributed by atoms with E-state index in [1.165, 1.54) is 0 Å². The first-order valence-corrected chi connectivity index (χ1v) is 9.93. The summed E-state index contributed by atoms with van der Waals surface area (Å²) in [6.45, 7) is 9.74. The van der Waals surface area contributed by atoms with Gasteiger partial charge in [-0.2, -0.15) is 0 Å². The summed E-state index contributed by atoms with van der Waals surface area (Å²) in [5, 5.41) is 3.09. The normalized spacial score (nSPS) is 11.5. The Morgan fingerprint density at radius 3 is 2.48 bits per heavy atom. The predicted octanol–water partition coefficient (Wildman–Crippen LogP) is 5.28. The lowest BCUT2D eigenvalue weighted by atomic mass is 9.92. The van der Waals surface area contributed by atoms with Gasteiger partial charge in [-0.1, -0.05) is 32.9 Å². The maximum Gasteiger partial charge on any atom is 0.268 e. The zero-order valence-corrected chi connectivity index (χ0v) is 17.9. The van der Waals surface area contributed by atoms with Crippen LogP contribution in [0.2, 0.25) is 0 Å². The highest BCUT2D eigenvalue weighted by atomic mass is 16.5. The maximum atomic E-state index is 13.2. The molecule has 1 aromatic carbocycles. The molecular formula is C24H30N2O3. The molecule has 2 heterocycles. The van der Waals surface area contributed by atoms with Crippen LogP contribution in [-0.4, -0.2) is 24.1 Å². The van der Waals surface area contributed by atoms with Gasteiger partial charge in [0.2, 0.25) is 0 Å². The molecule has 0 saturated heterocycles. The summed E-state index contributed by atoms with van der Waals surface area (Å²) in [6, 6.07) is 11.6. The Morgan fingerprint density at radius 2 is 1.90 bits per heavy atom. The third-order valence-electron chi connectivity index (χ3n) is 4.92. The van der Waals surface area contributed by atoms with Crippen LogP contribution < -0.4 is 10.1 Å². The molecule has 0 spiro atoms. The number of hydrogen-bond acceptors (Lipinski definition) is 3. The molecule has 5 nitrogen and oxygen atoms in total. The standard InChI is InChI=1S/C24H30N2O3/c1-17-15-26(16-18-8-10-19(28-5)11-9-18)22(21(17)20-7-6-14-29-20)23(27)25-13-12-24(2,3)4/h6-11,14-15H,12-13,16H2,1-5H3,(H,25,27). The minimum atomic E-state index is -0.0812. The zero-order chi connectivity index (χ0) is 21.0. The number of aromatic nitrogens is 1. The van der Waals surface area contributed by atoms with Crippen molar-refractivity contribution in [1.29, 1.82) is 0 Å². The van der Waals surface area contributed by atoms with Gasteiger partial charge in [0.05, 0.1) is 18.9 Å². The molecule has 0 aliphatic heterocycles. The number of nitrogens with zero attached hydrogens (tertiary/aromatic N) is 1. The Labute approximate surface area is 172 Å². The molecule has 154 valence electrons. The summed E-state index contributed by atoms with van der Waals surface area (Å²) in [5.74, 6) is 1.44. The molecule has 2 aromatic heterocycles. The highest BCUT2D eigenvalue weighted by Crippen LogP contribution is 2.30. The Morgan fingerprint density at radius 1 is 1.17 bits per heavy atom. The van der Waals surface area contributed by atoms with Crippen molar-refractivity contribution >= 4 is 5.91 Å². The second-order valence-electron chi connectivity index (χ2n) is 8.56. The number of rotatable bonds is 7. The summed E-state index contributed by atoms with van der Waals surface area (Å²) >= 11 is 0. The number of benzene rings is 1. The van der Waals surface area contributed by atoms with Gasteiger partial charge in [0.15, 0.2) is 0 Å². The van der Waals surface area contributed by atoms with Crippen LogP contribution in [0.3, 0.4) is 0 Å². The average Bonchev–Trinajstić information content (AvgIpc) is 3.28. The number of hydrogen-bond donors (Lipinski definition) is 1. The van der Waals surface area contributed by atoms with Crippen molar-refractivity contribution in [2.45, 2.75) is 40.7 Å². The first kappa shape index (κ1) is 20.8. The second-order valence-corrected chi connectivity index (χ2v) is 8.56. The fraction of sp³-hybridized carbons (Fsp3) is 0.375. The summed E-state index contributed by atoms with van der Waals surface area (Å²) in [4.78, 5) is 13.2. The van der Waals surface area contributed by atoms with Crippen LogP contribution in [-0.2, 0) is 6.54 Å². The molecular weight excluding hydrogens is 364 g/mol. The van der Waals surface area contributed by atoms with E-state index in [1.807, 2.05) is 54.1 Å². The monoisotopic (exact) mass is 394 g/mol. The molecule has 0 saturated carbocycles. The number of nitrogens with one attached hydrogen (secondary N) is 1. The van der Waals surface area contributed by atoms with Crippen molar-refractivity contribution in [3.63, 3.8) is 0 Å². The highest BCUT2D eigenvalue weighted by molar-refractivity contribution is 6.00. The summed E-state index contributed by atoms with van der Waals surface area (Å²) in [6.07, 6.45) is 4.56. The number of ether oxygens (including phenoxy) is 1. The van der Waals surface area contributed by atoms with Crippen molar-refractivity contribution in [2.75, 3.05) is 13.7 Å². The minimum absolute atomic E-state index is 0.0812. The van der Waals surface area contributed by atoms with E-state index in [4.69, 9.17) is 9.15 Å². The van der Waals surface area contributed by atoms with E-state index >= 15 is 0 Å². The Bertz CT molecular complexity index is 945. The van der Waals surface area contributed by atoms with Crippen molar-refractivity contribution in [3.8, 4) is 17.1 Å². The van der Waals surface area contributed by atoms with E-state index in [-0.39, 0.29) is 11.3 Å². The van der Waals surface area contributed by atoms with Gasteiger partial charge < -0.3 is 19.0 Å². The average molecular weight is 395 g/mol. The maximum absolute atomic E-state index is 13.2. The topological polar surface area (TPSA) is 56.4 Å². The van der Waals surface area contributed by atoms with Crippen molar-refractivity contribution in [2.24, 2.45) is 5.41 Å². The van der Waals surface area contributed by atoms with Gasteiger partial charge in [0, 0.05) is 19.3 Å². The van der Waals surface area contributed by atoms with Gasteiger partial charge in [-0.25, -0.2) is 0 Å². The van der Waals surface area contributed by atoms with Gasteiger partial charge in [-0.3, -0.25) is 4.79 Å². The molecule has 3 rings (SSSR count). The Kier molecular flexibility index (Phi) is 6.16. The van der Waals surface area contributed by atoms with E-state index in [0.717, 1.165) is 28.9 Å². The third kappa shape index (κ3) is 5.11. The number of carbonyl (C=O) groups is 1. The molecule has 0 atom stereocenters. The van der Waals surface area contributed by atoms with Gasteiger partial charge >= 0.3 is 0 Å². The first-order chi connectivity index (χ1) is 13.8. The van der Waals surface area contributed by atoms with E-state index in [0.29, 0.717) is 24.5 Å². The quantitative estimate of drug-likeness (QED) is 0.593. The van der Waals surface area contributed by atoms with Crippen LogP contribution in [0.1, 0.15) is 48.8 Å². The van der Waals surface area contributed by atoms with E-state index < -0.39 is 0 Å². The second kappa shape index (κ2) is 8.60. The van der Waals surface area contributed by atoms with Gasteiger partial charge in [0.25, 0.3) is 5.91 Å². The highest BCUT2D eigenvalue weighted by Gasteiger charge is 2.23. The van der Waals surface area contributed by atoms with Crippen LogP contribution in [0.4, 0.5) is 0 Å². The molecule has 29 heavy (non-hydrogen) atoms. The van der Waals surface area contributed by atoms with Crippen LogP contribution in [0.15, 0.2) is 53.3 Å². The number of furan rings is 1. The summed E-state index contributed by atoms with van der Waals surface area (Å²) in [7, 11) is 1.65. The summed E-state index contributed by atoms with van der Waals surface area (Å²) < 4.78 is 12.9. The molecule has 0 bridgehead atoms. The van der Waals surface area contributed by atoms with Crippen LogP contribution in [0, 0.1) is 12.3 Å². The fourth-order valence-electron chi connectivity index (χ4n) is 3.36. The largest absolute Gasteiger partial charge is 0.497 e. The molecule has 0 unspecified atom stereocenters. The predicted molar refractivity (Wildman–Crippen MR) is 115 cm³/mol. The van der Waals surface area contributed by atoms with Crippen LogP contribution in [0.25, 0.3) is 11.3 Å². The molecule has 1 N–H and O–H groups in total. The van der Waals surface area contributed by atoms with E-state index in [2.05, 4.69) is 26.1 Å². The number of carbonyl (C=O) groups excluding carboxylic acids is 1. The Balaban J connectivity index is 1.92. The number of amides is 1. The van der Waals surface area contributed by atoms with Crippen molar-refractivity contribution < 1.29 is 13.9 Å². The SMILES string of the molecule is COc1ccc(Cn2cc(C)c(-c3ccco3)c2C(=O)NCCC(C)(C)C)cc1. The van der Waals surface area contributed by atoms with Gasteiger partial charge in [-0.05, 0) is 54.2 Å². The first-order valence-electron chi connectivity index (χ1n) is 9.93. The lowest BCUT2D eigenvalue weighted by Crippen LogP contribution is -2.29. The number of methoxy groups -OCH3 is 1. The molecule has 1 amide bonds. The third-order valence-corrected chi connectivity index (χ3v) is 4.92. The molecule has 0 radical (unpaired) electrons. The van der Waals surface area contributed by atoms with Crippen molar-refractivity contribution in [3.05, 3.63) is 65.7 Å². The lowest BCUT2D eigenvalue weighted by molar-refractivity contribution is 0.0941. The molecule has 0 fully saturated rings. The molecule has 3 aromatic rings. The Hall–Kier alpha value is -2.95. The van der Waals surface area contributed by atoms with Gasteiger partial charge in [0.1, 0.15) is 17.2 Å². The number of aryl methyl sites for hydroxylation is 1. The van der Waals surface area contributed by atoms with Gasteiger partial charge in [-0.15, -0.1) is 0 Å². The smallest absolute Gasteiger partial charge is 0.268 e. The fourth-order valence-corrected chi connectivity index (χ4v) is 3.36.